The first-order chi connectivity index (χ1) is 11.2. The molecule has 0 heterocycles. The van der Waals surface area contributed by atoms with Crippen LogP contribution in [0.2, 0.25) is 0 Å². The molecule has 0 bridgehead atoms. The van der Waals surface area contributed by atoms with E-state index in [2.05, 4.69) is 17.4 Å². The SMILES string of the molecule is COc1cc(C)ccc1OCC(=O)NCCCc1ccccc1. The van der Waals surface area contributed by atoms with E-state index in [-0.39, 0.29) is 12.5 Å². The van der Waals surface area contributed by atoms with Crippen molar-refractivity contribution in [2.75, 3.05) is 20.3 Å². The highest BCUT2D eigenvalue weighted by molar-refractivity contribution is 5.77. The van der Waals surface area contributed by atoms with Crippen LogP contribution in [0.15, 0.2) is 48.5 Å². The third-order valence-corrected chi connectivity index (χ3v) is 3.49. The second kappa shape index (κ2) is 8.83. The van der Waals surface area contributed by atoms with E-state index in [1.165, 1.54) is 5.56 Å². The van der Waals surface area contributed by atoms with Crippen LogP contribution in [0.1, 0.15) is 17.5 Å². The van der Waals surface area contributed by atoms with E-state index in [0.29, 0.717) is 18.0 Å². The number of hydrogen-bond donors (Lipinski definition) is 1. The predicted molar refractivity (Wildman–Crippen MR) is 91.0 cm³/mol. The number of nitrogens with one attached hydrogen (secondary N) is 1. The fourth-order valence-corrected chi connectivity index (χ4v) is 2.25. The summed E-state index contributed by atoms with van der Waals surface area (Å²) in [6.07, 6.45) is 1.86. The van der Waals surface area contributed by atoms with Crippen molar-refractivity contribution in [2.45, 2.75) is 19.8 Å². The lowest BCUT2D eigenvalue weighted by Crippen LogP contribution is -2.30. The van der Waals surface area contributed by atoms with Gasteiger partial charge in [0.25, 0.3) is 5.91 Å². The Hall–Kier alpha value is -2.49. The van der Waals surface area contributed by atoms with Crippen molar-refractivity contribution >= 4 is 5.91 Å². The minimum atomic E-state index is -0.124. The first-order valence-electron chi connectivity index (χ1n) is 7.77. The van der Waals surface area contributed by atoms with E-state index in [9.17, 15) is 4.79 Å². The number of methoxy groups -OCH3 is 1. The standard InChI is InChI=1S/C19H23NO3/c1-15-10-11-17(18(13-15)22-2)23-14-19(21)20-12-6-9-16-7-4-3-5-8-16/h3-5,7-8,10-11,13H,6,9,12,14H2,1-2H3,(H,20,21). The Morgan fingerprint density at radius 2 is 1.87 bits per heavy atom. The van der Waals surface area contributed by atoms with E-state index in [0.717, 1.165) is 18.4 Å². The van der Waals surface area contributed by atoms with Crippen LogP contribution in [0.3, 0.4) is 0 Å². The van der Waals surface area contributed by atoms with Crippen molar-refractivity contribution < 1.29 is 14.3 Å². The second-order valence-corrected chi connectivity index (χ2v) is 5.38. The molecule has 23 heavy (non-hydrogen) atoms. The van der Waals surface area contributed by atoms with Gasteiger partial charge in [-0.25, -0.2) is 0 Å². The van der Waals surface area contributed by atoms with E-state index >= 15 is 0 Å². The Morgan fingerprint density at radius 3 is 2.61 bits per heavy atom. The summed E-state index contributed by atoms with van der Waals surface area (Å²) in [4.78, 5) is 11.8. The molecule has 0 unspecified atom stereocenters. The minimum Gasteiger partial charge on any atom is -0.493 e. The maximum Gasteiger partial charge on any atom is 0.257 e. The summed E-state index contributed by atoms with van der Waals surface area (Å²) < 4.78 is 10.8. The highest BCUT2D eigenvalue weighted by Crippen LogP contribution is 2.27. The number of carbonyl (C=O) groups excluding carboxylic acids is 1. The Morgan fingerprint density at radius 1 is 1.09 bits per heavy atom. The van der Waals surface area contributed by atoms with Crippen molar-refractivity contribution in [1.82, 2.24) is 5.32 Å². The molecule has 4 nitrogen and oxygen atoms in total. The molecule has 122 valence electrons. The normalized spacial score (nSPS) is 10.2. The third kappa shape index (κ3) is 5.66. The Bertz CT molecular complexity index is 626. The van der Waals surface area contributed by atoms with Crippen LogP contribution in [0.5, 0.6) is 11.5 Å². The van der Waals surface area contributed by atoms with Gasteiger partial charge in [-0.05, 0) is 43.0 Å². The smallest absolute Gasteiger partial charge is 0.257 e. The van der Waals surface area contributed by atoms with Crippen molar-refractivity contribution in [3.63, 3.8) is 0 Å². The van der Waals surface area contributed by atoms with E-state index in [4.69, 9.17) is 9.47 Å². The Balaban J connectivity index is 1.69. The van der Waals surface area contributed by atoms with Gasteiger partial charge in [0, 0.05) is 6.54 Å². The topological polar surface area (TPSA) is 47.6 Å². The molecule has 1 amide bonds. The summed E-state index contributed by atoms with van der Waals surface area (Å²) in [6, 6.07) is 15.9. The molecular formula is C19H23NO3. The molecule has 1 N–H and O–H groups in total. The van der Waals surface area contributed by atoms with Gasteiger partial charge in [-0.15, -0.1) is 0 Å². The van der Waals surface area contributed by atoms with Crippen LogP contribution in [0.25, 0.3) is 0 Å². The van der Waals surface area contributed by atoms with Crippen LogP contribution >= 0.6 is 0 Å². The monoisotopic (exact) mass is 313 g/mol. The summed E-state index contributed by atoms with van der Waals surface area (Å²) in [6.45, 7) is 2.61. The molecule has 0 aliphatic heterocycles. The Kier molecular flexibility index (Phi) is 6.48. The number of benzene rings is 2. The fraction of sp³-hybridized carbons (Fsp3) is 0.316. The molecular weight excluding hydrogens is 290 g/mol. The molecule has 0 saturated heterocycles. The van der Waals surface area contributed by atoms with Crippen LogP contribution in [-0.4, -0.2) is 26.2 Å². The van der Waals surface area contributed by atoms with Gasteiger partial charge in [0.15, 0.2) is 18.1 Å². The third-order valence-electron chi connectivity index (χ3n) is 3.49. The lowest BCUT2D eigenvalue weighted by molar-refractivity contribution is -0.123. The van der Waals surface area contributed by atoms with E-state index in [1.54, 1.807) is 7.11 Å². The largest absolute Gasteiger partial charge is 0.493 e. The number of ether oxygens (including phenoxy) is 2. The number of aryl methyl sites for hydroxylation is 2. The minimum absolute atomic E-state index is 0.00917. The lowest BCUT2D eigenvalue weighted by Gasteiger charge is -2.11. The molecule has 0 spiro atoms. The van der Waals surface area contributed by atoms with Gasteiger partial charge in [-0.3, -0.25) is 4.79 Å². The summed E-state index contributed by atoms with van der Waals surface area (Å²) >= 11 is 0. The predicted octanol–water partition coefficient (Wildman–Crippen LogP) is 3.13. The number of hydrogen-bond acceptors (Lipinski definition) is 3. The summed E-state index contributed by atoms with van der Waals surface area (Å²) in [5.74, 6) is 1.10. The zero-order chi connectivity index (χ0) is 16.5. The summed E-state index contributed by atoms with van der Waals surface area (Å²) in [5.41, 5.74) is 2.36. The molecule has 0 atom stereocenters. The van der Waals surface area contributed by atoms with Crippen molar-refractivity contribution in [2.24, 2.45) is 0 Å². The summed E-state index contributed by atoms with van der Waals surface area (Å²) in [7, 11) is 1.59. The second-order valence-electron chi connectivity index (χ2n) is 5.38. The zero-order valence-electron chi connectivity index (χ0n) is 13.7. The molecule has 0 radical (unpaired) electrons. The first-order valence-corrected chi connectivity index (χ1v) is 7.77. The van der Waals surface area contributed by atoms with Gasteiger partial charge >= 0.3 is 0 Å². The number of amides is 1. The molecule has 0 aromatic heterocycles. The van der Waals surface area contributed by atoms with E-state index in [1.807, 2.05) is 43.3 Å². The molecule has 2 aromatic carbocycles. The molecule has 0 aliphatic carbocycles. The average molecular weight is 313 g/mol. The fourth-order valence-electron chi connectivity index (χ4n) is 2.25. The highest BCUT2D eigenvalue weighted by atomic mass is 16.5. The quantitative estimate of drug-likeness (QED) is 0.762. The van der Waals surface area contributed by atoms with Crippen LogP contribution < -0.4 is 14.8 Å². The van der Waals surface area contributed by atoms with Gasteiger partial charge in [0.05, 0.1) is 7.11 Å². The molecule has 4 heteroatoms. The molecule has 0 aliphatic rings. The Labute approximate surface area is 137 Å². The van der Waals surface area contributed by atoms with Gasteiger partial charge in [-0.2, -0.15) is 0 Å². The number of carbonyl (C=O) groups is 1. The number of rotatable bonds is 8. The van der Waals surface area contributed by atoms with Crippen LogP contribution in [0, 0.1) is 6.92 Å². The van der Waals surface area contributed by atoms with Crippen LogP contribution in [-0.2, 0) is 11.2 Å². The van der Waals surface area contributed by atoms with E-state index < -0.39 is 0 Å². The average Bonchev–Trinajstić information content (AvgIpc) is 2.58. The zero-order valence-corrected chi connectivity index (χ0v) is 13.7. The van der Waals surface area contributed by atoms with Gasteiger partial charge in [-0.1, -0.05) is 36.4 Å². The highest BCUT2D eigenvalue weighted by Gasteiger charge is 2.07. The summed E-state index contributed by atoms with van der Waals surface area (Å²) in [5, 5.41) is 2.87. The molecule has 0 saturated carbocycles. The molecule has 2 aromatic rings. The van der Waals surface area contributed by atoms with Crippen molar-refractivity contribution in [3.8, 4) is 11.5 Å². The molecule has 2 rings (SSSR count). The van der Waals surface area contributed by atoms with Crippen molar-refractivity contribution in [1.29, 1.82) is 0 Å². The first kappa shape index (κ1) is 16.9. The van der Waals surface area contributed by atoms with Gasteiger partial charge in [0.2, 0.25) is 0 Å². The maximum absolute atomic E-state index is 11.8. The maximum atomic E-state index is 11.8. The molecule has 0 fully saturated rings. The van der Waals surface area contributed by atoms with Gasteiger partial charge in [0.1, 0.15) is 0 Å². The van der Waals surface area contributed by atoms with Crippen LogP contribution in [0.4, 0.5) is 0 Å². The van der Waals surface area contributed by atoms with Crippen molar-refractivity contribution in [3.05, 3.63) is 59.7 Å². The lowest BCUT2D eigenvalue weighted by atomic mass is 10.1. The van der Waals surface area contributed by atoms with Gasteiger partial charge < -0.3 is 14.8 Å².